The van der Waals surface area contributed by atoms with Crippen LogP contribution in [-0.2, 0) is 25.2 Å². The quantitative estimate of drug-likeness (QED) is 0.158. The van der Waals surface area contributed by atoms with Crippen molar-refractivity contribution in [3.05, 3.63) is 51.5 Å². The van der Waals surface area contributed by atoms with Crippen molar-refractivity contribution in [2.45, 2.75) is 195 Å². The van der Waals surface area contributed by atoms with Gasteiger partial charge in [-0.05, 0) is 104 Å². The highest BCUT2D eigenvalue weighted by molar-refractivity contribution is 6.28. The molecule has 0 bridgehead atoms. The number of benzene rings is 2. The Morgan fingerprint density at radius 3 is 1.84 bits per heavy atom. The van der Waals surface area contributed by atoms with Gasteiger partial charge in [-0.2, -0.15) is 0 Å². The van der Waals surface area contributed by atoms with Crippen molar-refractivity contribution in [1.29, 1.82) is 0 Å². The maximum atomic E-state index is 14.9. The van der Waals surface area contributed by atoms with Gasteiger partial charge in [0.05, 0.1) is 23.1 Å². The lowest BCUT2D eigenvalue weighted by Crippen LogP contribution is -2.47. The van der Waals surface area contributed by atoms with E-state index in [4.69, 9.17) is 0 Å². The molecule has 56 heavy (non-hydrogen) atoms. The molecular formula is C48H73N4O4+. The maximum Gasteiger partial charge on any atom is 0.227 e. The van der Waals surface area contributed by atoms with E-state index in [-0.39, 0.29) is 64.4 Å². The van der Waals surface area contributed by atoms with Crippen molar-refractivity contribution in [1.82, 2.24) is 4.58 Å². The molecule has 2 aromatic carbocycles. The van der Waals surface area contributed by atoms with Crippen molar-refractivity contribution in [3.63, 3.8) is 0 Å². The van der Waals surface area contributed by atoms with E-state index >= 15 is 0 Å². The number of aliphatic hydroxyl groups excluding tert-OH is 1. The Bertz CT molecular complexity index is 1960. The van der Waals surface area contributed by atoms with E-state index in [1.807, 2.05) is 6.07 Å². The molecule has 0 radical (unpaired) electrons. The van der Waals surface area contributed by atoms with Crippen molar-refractivity contribution in [2.24, 2.45) is 11.8 Å². The third-order valence-corrected chi connectivity index (χ3v) is 14.1. The van der Waals surface area contributed by atoms with E-state index in [0.29, 0.717) is 27.7 Å². The molecule has 2 aliphatic heterocycles. The molecule has 2 heterocycles. The number of unbranched alkanes of at least 4 members (excludes halogenated alkanes) is 2. The van der Waals surface area contributed by atoms with Crippen molar-refractivity contribution < 1.29 is 19.5 Å². The number of anilines is 3. The molecule has 1 saturated carbocycles. The second kappa shape index (κ2) is 16.8. The van der Waals surface area contributed by atoms with Gasteiger partial charge in [0.1, 0.15) is 6.04 Å². The summed E-state index contributed by atoms with van der Waals surface area (Å²) >= 11 is 0. The number of ketones is 1. The number of carbonyl (C=O) groups is 3. The highest BCUT2D eigenvalue weighted by Crippen LogP contribution is 2.51. The van der Waals surface area contributed by atoms with Crippen LogP contribution >= 0.6 is 0 Å². The van der Waals surface area contributed by atoms with Crippen LogP contribution in [0, 0.1) is 11.8 Å². The third-order valence-electron chi connectivity index (χ3n) is 14.1. The van der Waals surface area contributed by atoms with E-state index in [2.05, 4.69) is 135 Å². The fraction of sp³-hybridized carbons (Fsp3) is 0.667. The predicted molar refractivity (Wildman–Crippen MR) is 232 cm³/mol. The van der Waals surface area contributed by atoms with Crippen LogP contribution in [0.1, 0.15) is 171 Å². The molecule has 1 fully saturated rings. The molecular weight excluding hydrogens is 697 g/mol. The van der Waals surface area contributed by atoms with E-state index < -0.39 is 12.0 Å². The predicted octanol–water partition coefficient (Wildman–Crippen LogP) is 8.35. The van der Waals surface area contributed by atoms with Crippen molar-refractivity contribution in [2.75, 3.05) is 15.5 Å². The first-order valence-corrected chi connectivity index (χ1v) is 21.9. The Labute approximate surface area is 337 Å². The molecule has 8 nitrogen and oxygen atoms in total. The van der Waals surface area contributed by atoms with Crippen LogP contribution in [0.15, 0.2) is 24.3 Å². The number of carbonyl (C=O) groups excluding carboxylic acids is 3. The van der Waals surface area contributed by atoms with Gasteiger partial charge >= 0.3 is 0 Å². The van der Waals surface area contributed by atoms with Gasteiger partial charge in [-0.3, -0.25) is 14.4 Å². The molecule has 2 aromatic rings. The molecule has 0 spiro atoms. The zero-order valence-electron chi connectivity index (χ0n) is 37.2. The number of Topliss-reactive ketones (excluding diaryl/α,β-unsaturated/α-hetero) is 1. The van der Waals surface area contributed by atoms with Crippen LogP contribution in [-0.4, -0.2) is 53.0 Å². The molecule has 6 atom stereocenters. The van der Waals surface area contributed by atoms with Gasteiger partial charge in [-0.15, -0.1) is 0 Å². The lowest BCUT2D eigenvalue weighted by molar-refractivity contribution is -0.122. The summed E-state index contributed by atoms with van der Waals surface area (Å²) < 4.78 is 2.41. The minimum atomic E-state index is -1.12. The number of fused-ring (bicyclic) bond motifs is 2. The van der Waals surface area contributed by atoms with E-state index in [9.17, 15) is 19.5 Å². The maximum absolute atomic E-state index is 14.9. The van der Waals surface area contributed by atoms with Crippen LogP contribution in [0.4, 0.5) is 17.1 Å². The first kappa shape index (κ1) is 43.6. The molecule has 0 aromatic heterocycles. The summed E-state index contributed by atoms with van der Waals surface area (Å²) in [5.74, 6) is -1.42. The topological polar surface area (TPSA) is 102 Å². The Hall–Kier alpha value is -3.52. The normalized spacial score (nSPS) is 24.3. The summed E-state index contributed by atoms with van der Waals surface area (Å²) in [6, 6.07) is 9.09. The summed E-state index contributed by atoms with van der Waals surface area (Å²) in [4.78, 5) is 45.1. The second-order valence-corrected chi connectivity index (χ2v) is 18.8. The number of amides is 2. The highest BCUT2D eigenvalue weighted by atomic mass is 16.3. The zero-order chi connectivity index (χ0) is 41.6. The molecule has 3 aliphatic rings. The third kappa shape index (κ3) is 7.49. The summed E-state index contributed by atoms with van der Waals surface area (Å²) in [5, 5.41) is 20.6. The standard InChI is InChI=1S/C48H72N4O4/c1-15-19-21-31(17-3)45(55)49-37-25-39-35(47(11,12)29(9)51(39)27(5)6)23-33(37)41-43(53)42(44(41)54)34-24-36-40(52(28(7)8)30(10)48(36,13)14)26-38(34)50-46(56)32(18-4)22-20-16-2/h23-32,41,43,53H,15-22H2,1-14H3,(H,49,55)/p+1. The fourth-order valence-electron chi connectivity index (χ4n) is 9.90. The molecule has 1 aliphatic carbocycles. The van der Waals surface area contributed by atoms with Crippen molar-refractivity contribution >= 4 is 40.2 Å². The fourth-order valence-corrected chi connectivity index (χ4v) is 9.90. The Morgan fingerprint density at radius 2 is 1.36 bits per heavy atom. The smallest absolute Gasteiger partial charge is 0.227 e. The summed E-state index contributed by atoms with van der Waals surface area (Å²) in [6.45, 7) is 30.5. The lowest BCUT2D eigenvalue weighted by atomic mass is 9.68. The Kier molecular flexibility index (Phi) is 13.0. The van der Waals surface area contributed by atoms with Gasteiger partial charge in [0, 0.05) is 63.1 Å². The van der Waals surface area contributed by atoms with Gasteiger partial charge in [-0.25, -0.2) is 4.58 Å². The molecule has 5 rings (SSSR count). The van der Waals surface area contributed by atoms with Gasteiger partial charge < -0.3 is 20.6 Å². The first-order valence-electron chi connectivity index (χ1n) is 21.9. The average molecular weight is 770 g/mol. The van der Waals surface area contributed by atoms with Crippen LogP contribution in [0.25, 0.3) is 5.57 Å². The minimum absolute atomic E-state index is 0.0442. The molecule has 0 saturated heterocycles. The number of nitrogens with one attached hydrogen (secondary N) is 2. The van der Waals surface area contributed by atoms with Crippen LogP contribution in [0.3, 0.4) is 0 Å². The van der Waals surface area contributed by atoms with E-state index in [1.165, 1.54) is 0 Å². The van der Waals surface area contributed by atoms with Gasteiger partial charge in [0.15, 0.2) is 11.8 Å². The molecule has 308 valence electrons. The van der Waals surface area contributed by atoms with Crippen LogP contribution in [0.5, 0.6) is 0 Å². The second-order valence-electron chi connectivity index (χ2n) is 18.8. The molecule has 6 unspecified atom stereocenters. The largest absolute Gasteiger partial charge is 0.387 e. The highest BCUT2D eigenvalue weighted by Gasteiger charge is 2.51. The Morgan fingerprint density at radius 1 is 0.804 bits per heavy atom. The van der Waals surface area contributed by atoms with E-state index in [0.717, 1.165) is 73.5 Å². The number of aliphatic hydroxyl groups is 1. The number of rotatable bonds is 15. The SMILES string of the molecule is CCCCC(CC)C(=O)Nc1cc2c(cc1C1C(=O)C(=c3cc4c(cc3NC(=O)C(CC)CCCC)=[N+](C(C)C)C(C)C4(C)C)C1O)C(C)(C)C(C)N2C(C)C. The first-order chi connectivity index (χ1) is 26.3. The van der Waals surface area contributed by atoms with Crippen LogP contribution < -0.4 is 30.7 Å². The Balaban J connectivity index is 1.71. The van der Waals surface area contributed by atoms with E-state index in [1.54, 1.807) is 0 Å². The molecule has 2 amide bonds. The van der Waals surface area contributed by atoms with Gasteiger partial charge in [0.2, 0.25) is 17.2 Å². The van der Waals surface area contributed by atoms with Gasteiger partial charge in [0.25, 0.3) is 0 Å². The number of nitrogens with zero attached hydrogens (tertiary/aromatic N) is 2. The average Bonchev–Trinajstić information content (AvgIpc) is 3.45. The van der Waals surface area contributed by atoms with Gasteiger partial charge in [-0.1, -0.05) is 73.3 Å². The summed E-state index contributed by atoms with van der Waals surface area (Å²) in [6.07, 6.45) is 5.89. The molecule has 3 N–H and O–H groups in total. The monoisotopic (exact) mass is 770 g/mol. The summed E-state index contributed by atoms with van der Waals surface area (Å²) in [7, 11) is 0. The number of hydrogen-bond acceptors (Lipinski definition) is 5. The lowest BCUT2D eigenvalue weighted by Gasteiger charge is -2.37. The molecule has 8 heteroatoms. The van der Waals surface area contributed by atoms with Crippen LogP contribution in [0.2, 0.25) is 0 Å². The zero-order valence-corrected chi connectivity index (χ0v) is 37.2. The summed E-state index contributed by atoms with van der Waals surface area (Å²) in [5.41, 5.74) is 4.97. The number of hydrogen-bond donors (Lipinski definition) is 3. The minimum Gasteiger partial charge on any atom is -0.387 e. The van der Waals surface area contributed by atoms with Crippen molar-refractivity contribution in [3.8, 4) is 0 Å².